The Labute approximate surface area is 93.4 Å². The highest BCUT2D eigenvalue weighted by molar-refractivity contribution is 7.99. The van der Waals surface area contributed by atoms with Crippen LogP contribution < -0.4 is 5.32 Å². The van der Waals surface area contributed by atoms with E-state index in [9.17, 15) is 0 Å². The zero-order chi connectivity index (χ0) is 10.4. The Morgan fingerprint density at radius 3 is 2.79 bits per heavy atom. The molecule has 2 heteroatoms. The van der Waals surface area contributed by atoms with Crippen molar-refractivity contribution in [1.82, 2.24) is 5.32 Å². The minimum absolute atomic E-state index is 0.788. The van der Waals surface area contributed by atoms with Gasteiger partial charge in [-0.3, -0.25) is 0 Å². The van der Waals surface area contributed by atoms with E-state index < -0.39 is 0 Å². The minimum Gasteiger partial charge on any atom is -0.313 e. The molecule has 0 aromatic rings. The average molecular weight is 215 g/mol. The second-order valence-corrected chi connectivity index (χ2v) is 5.92. The summed E-state index contributed by atoms with van der Waals surface area (Å²) < 4.78 is 0. The van der Waals surface area contributed by atoms with Gasteiger partial charge in [-0.2, -0.15) is 11.8 Å². The van der Waals surface area contributed by atoms with E-state index in [4.69, 9.17) is 0 Å². The van der Waals surface area contributed by atoms with Gasteiger partial charge in [-0.1, -0.05) is 33.6 Å². The molecule has 0 radical (unpaired) electrons. The van der Waals surface area contributed by atoms with Gasteiger partial charge in [0, 0.05) is 18.3 Å². The first-order valence-electron chi connectivity index (χ1n) is 6.06. The molecule has 1 rings (SSSR count). The van der Waals surface area contributed by atoms with Crippen LogP contribution in [0.3, 0.4) is 0 Å². The summed E-state index contributed by atoms with van der Waals surface area (Å²) in [5.41, 5.74) is 0. The Bertz CT molecular complexity index is 149. The number of hydrogen-bond donors (Lipinski definition) is 1. The molecule has 0 heterocycles. The van der Waals surface area contributed by atoms with Gasteiger partial charge in [-0.15, -0.1) is 0 Å². The second-order valence-electron chi connectivity index (χ2n) is 4.52. The van der Waals surface area contributed by atoms with Crippen LogP contribution in [0.1, 0.15) is 40.0 Å². The summed E-state index contributed by atoms with van der Waals surface area (Å²) in [6.45, 7) is 8.24. The third kappa shape index (κ3) is 3.82. The van der Waals surface area contributed by atoms with E-state index in [1.54, 1.807) is 0 Å². The lowest BCUT2D eigenvalue weighted by molar-refractivity contribution is 0.210. The molecule has 0 amide bonds. The van der Waals surface area contributed by atoms with Crippen LogP contribution in [-0.2, 0) is 0 Å². The standard InChI is InChI=1S/C12H25NS/c1-4-14-9-8-13-12-7-5-6-10(2)11(12)3/h10-13H,4-9H2,1-3H3. The van der Waals surface area contributed by atoms with Crippen LogP contribution in [0, 0.1) is 11.8 Å². The zero-order valence-corrected chi connectivity index (χ0v) is 10.7. The highest BCUT2D eigenvalue weighted by Crippen LogP contribution is 2.29. The molecule has 0 aromatic carbocycles. The number of hydrogen-bond acceptors (Lipinski definition) is 2. The first-order chi connectivity index (χ1) is 6.75. The molecule has 1 nitrogen and oxygen atoms in total. The highest BCUT2D eigenvalue weighted by Gasteiger charge is 2.25. The van der Waals surface area contributed by atoms with Crippen molar-refractivity contribution in [3.63, 3.8) is 0 Å². The van der Waals surface area contributed by atoms with Gasteiger partial charge < -0.3 is 5.32 Å². The van der Waals surface area contributed by atoms with E-state index in [0.29, 0.717) is 0 Å². The SMILES string of the molecule is CCSCCNC1CCCC(C)C1C. The molecule has 0 bridgehead atoms. The van der Waals surface area contributed by atoms with Crippen molar-refractivity contribution >= 4 is 11.8 Å². The van der Waals surface area contributed by atoms with Crippen LogP contribution in [0.25, 0.3) is 0 Å². The average Bonchev–Trinajstić information content (AvgIpc) is 2.19. The lowest BCUT2D eigenvalue weighted by Crippen LogP contribution is -2.41. The topological polar surface area (TPSA) is 12.0 Å². The molecule has 0 spiro atoms. The van der Waals surface area contributed by atoms with Crippen LogP contribution in [0.4, 0.5) is 0 Å². The molecule has 14 heavy (non-hydrogen) atoms. The molecular weight excluding hydrogens is 190 g/mol. The van der Waals surface area contributed by atoms with E-state index in [-0.39, 0.29) is 0 Å². The Kier molecular flexibility index (Phi) is 5.95. The summed E-state index contributed by atoms with van der Waals surface area (Å²) >= 11 is 2.04. The third-order valence-corrected chi connectivity index (χ3v) is 4.46. The molecule has 84 valence electrons. The van der Waals surface area contributed by atoms with Crippen molar-refractivity contribution in [2.75, 3.05) is 18.1 Å². The largest absolute Gasteiger partial charge is 0.313 e. The lowest BCUT2D eigenvalue weighted by atomic mass is 9.78. The molecule has 1 saturated carbocycles. The summed E-state index contributed by atoms with van der Waals surface area (Å²) in [6.07, 6.45) is 4.25. The van der Waals surface area contributed by atoms with Crippen molar-refractivity contribution in [3.05, 3.63) is 0 Å². The van der Waals surface area contributed by atoms with Crippen molar-refractivity contribution in [3.8, 4) is 0 Å². The molecule has 0 aliphatic heterocycles. The zero-order valence-electron chi connectivity index (χ0n) is 9.88. The Morgan fingerprint density at radius 2 is 2.07 bits per heavy atom. The molecule has 1 N–H and O–H groups in total. The van der Waals surface area contributed by atoms with Gasteiger partial charge in [0.15, 0.2) is 0 Å². The fraction of sp³-hybridized carbons (Fsp3) is 1.00. The molecule has 1 aliphatic carbocycles. The Morgan fingerprint density at radius 1 is 1.29 bits per heavy atom. The predicted octanol–water partition coefficient (Wildman–Crippen LogP) is 3.15. The summed E-state index contributed by atoms with van der Waals surface area (Å²) in [5.74, 6) is 4.31. The van der Waals surface area contributed by atoms with Crippen molar-refractivity contribution in [2.45, 2.75) is 46.1 Å². The number of thioether (sulfide) groups is 1. The molecule has 1 fully saturated rings. The van der Waals surface area contributed by atoms with E-state index >= 15 is 0 Å². The van der Waals surface area contributed by atoms with Crippen LogP contribution in [0.5, 0.6) is 0 Å². The van der Waals surface area contributed by atoms with Gasteiger partial charge in [0.25, 0.3) is 0 Å². The minimum atomic E-state index is 0.788. The van der Waals surface area contributed by atoms with Crippen LogP contribution in [0.15, 0.2) is 0 Å². The van der Waals surface area contributed by atoms with Crippen molar-refractivity contribution in [1.29, 1.82) is 0 Å². The monoisotopic (exact) mass is 215 g/mol. The maximum absolute atomic E-state index is 3.72. The molecule has 1 aliphatic rings. The predicted molar refractivity (Wildman–Crippen MR) is 67.0 cm³/mol. The molecule has 3 unspecified atom stereocenters. The molecular formula is C12H25NS. The van der Waals surface area contributed by atoms with Gasteiger partial charge in [-0.05, 0) is 24.0 Å². The van der Waals surface area contributed by atoms with Crippen LogP contribution in [-0.4, -0.2) is 24.1 Å². The van der Waals surface area contributed by atoms with Gasteiger partial charge in [0.2, 0.25) is 0 Å². The molecule has 0 aromatic heterocycles. The number of nitrogens with one attached hydrogen (secondary N) is 1. The van der Waals surface area contributed by atoms with Gasteiger partial charge in [0.1, 0.15) is 0 Å². The first kappa shape index (κ1) is 12.4. The van der Waals surface area contributed by atoms with Gasteiger partial charge >= 0.3 is 0 Å². The fourth-order valence-electron chi connectivity index (χ4n) is 2.33. The van der Waals surface area contributed by atoms with Crippen LogP contribution >= 0.6 is 11.8 Å². The second kappa shape index (κ2) is 6.73. The summed E-state index contributed by atoms with van der Waals surface area (Å²) in [7, 11) is 0. The Balaban J connectivity index is 2.15. The number of rotatable bonds is 5. The van der Waals surface area contributed by atoms with Crippen LogP contribution in [0.2, 0.25) is 0 Å². The summed E-state index contributed by atoms with van der Waals surface area (Å²) in [6, 6.07) is 0.788. The lowest BCUT2D eigenvalue weighted by Gasteiger charge is -2.34. The van der Waals surface area contributed by atoms with E-state index in [0.717, 1.165) is 17.9 Å². The smallest absolute Gasteiger partial charge is 0.00955 e. The van der Waals surface area contributed by atoms with Gasteiger partial charge in [-0.25, -0.2) is 0 Å². The Hall–Kier alpha value is 0.310. The quantitative estimate of drug-likeness (QED) is 0.707. The van der Waals surface area contributed by atoms with E-state index in [2.05, 4.69) is 26.1 Å². The van der Waals surface area contributed by atoms with E-state index in [1.165, 1.54) is 37.3 Å². The van der Waals surface area contributed by atoms with Crippen molar-refractivity contribution in [2.24, 2.45) is 11.8 Å². The fourth-order valence-corrected chi connectivity index (χ4v) is 2.88. The maximum Gasteiger partial charge on any atom is 0.00955 e. The van der Waals surface area contributed by atoms with E-state index in [1.807, 2.05) is 11.8 Å². The first-order valence-corrected chi connectivity index (χ1v) is 7.22. The summed E-state index contributed by atoms with van der Waals surface area (Å²) in [5, 5.41) is 3.72. The molecule has 3 atom stereocenters. The third-order valence-electron chi connectivity index (χ3n) is 3.56. The summed E-state index contributed by atoms with van der Waals surface area (Å²) in [4.78, 5) is 0. The maximum atomic E-state index is 3.72. The van der Waals surface area contributed by atoms with Crippen molar-refractivity contribution < 1.29 is 0 Å². The normalized spacial score (nSPS) is 33.2. The highest BCUT2D eigenvalue weighted by atomic mass is 32.2. The molecule has 0 saturated heterocycles. The van der Waals surface area contributed by atoms with Gasteiger partial charge in [0.05, 0.1) is 0 Å².